The molecule has 2 atom stereocenters. The summed E-state index contributed by atoms with van der Waals surface area (Å²) in [6.45, 7) is 2.16. The maximum Gasteiger partial charge on any atom is 0.487 e. The highest BCUT2D eigenvalue weighted by Gasteiger charge is 2.26. The molecule has 1 rings (SSSR count). The van der Waals surface area contributed by atoms with E-state index in [1.165, 1.54) is 34.5 Å². The molecule has 1 aromatic carbocycles. The highest BCUT2D eigenvalue weighted by Crippen LogP contribution is 2.14. The Morgan fingerprint density at radius 3 is 1.71 bits per heavy atom. The van der Waals surface area contributed by atoms with Gasteiger partial charge in [0.05, 0.1) is 57.9 Å². The van der Waals surface area contributed by atoms with Gasteiger partial charge >= 0.3 is 16.8 Å². The van der Waals surface area contributed by atoms with Crippen molar-refractivity contribution in [1.29, 1.82) is 0 Å². The Kier molecular flexibility index (Phi) is 33.0. The van der Waals surface area contributed by atoms with Crippen LogP contribution in [0.2, 0.25) is 0 Å². The van der Waals surface area contributed by atoms with Crippen LogP contribution in [0.1, 0.15) is 93.8 Å². The van der Waals surface area contributed by atoms with E-state index >= 15 is 0 Å². The first-order valence-electron chi connectivity index (χ1n) is 21.0. The zero-order valence-corrected chi connectivity index (χ0v) is 37.5. The van der Waals surface area contributed by atoms with E-state index in [1.54, 1.807) is 12.1 Å². The van der Waals surface area contributed by atoms with Crippen molar-refractivity contribution in [2.75, 3.05) is 79.1 Å². The number of ether oxygens (including phenoxy) is 5. The van der Waals surface area contributed by atoms with Crippen LogP contribution < -0.4 is 31.7 Å². The molecule has 22 heteroatoms. The molecule has 0 aliphatic heterocycles. The van der Waals surface area contributed by atoms with Crippen molar-refractivity contribution in [2.45, 2.75) is 95.6 Å². The SMILES string of the molecule is N[C@@H](CCCCNC(=O)COCCOCCNC(=O)COCCOCCNC(=O)CC[C@H](NC(=O)CCCCCCCCCOc1ccc(C(=O)O)cc1)C(=O)O)C(=O)B(F)I. The molecule has 0 saturated carbocycles. The summed E-state index contributed by atoms with van der Waals surface area (Å²) < 4.78 is 39.8. The van der Waals surface area contributed by atoms with Gasteiger partial charge in [-0.25, -0.2) is 9.59 Å². The van der Waals surface area contributed by atoms with E-state index < -0.39 is 34.6 Å². The van der Waals surface area contributed by atoms with Crippen LogP contribution in [0, 0.1) is 0 Å². The largest absolute Gasteiger partial charge is 0.494 e. The van der Waals surface area contributed by atoms with Gasteiger partial charge in [-0.15, -0.1) is 0 Å². The highest BCUT2D eigenvalue weighted by atomic mass is 127. The molecule has 0 radical (unpaired) electrons. The van der Waals surface area contributed by atoms with Crippen molar-refractivity contribution in [3.63, 3.8) is 0 Å². The number of hydrogen-bond donors (Lipinski definition) is 7. The van der Waals surface area contributed by atoms with E-state index in [0.29, 0.717) is 44.6 Å². The van der Waals surface area contributed by atoms with Gasteiger partial charge in [0.25, 0.3) is 0 Å². The van der Waals surface area contributed by atoms with Crippen molar-refractivity contribution in [3.05, 3.63) is 29.8 Å². The molecule has 0 bridgehead atoms. The Hall–Kier alpha value is -3.97. The second-order valence-electron chi connectivity index (χ2n) is 14.1. The summed E-state index contributed by atoms with van der Waals surface area (Å²) in [7, 11) is 0. The molecule has 0 aliphatic rings. The molecule has 62 heavy (non-hydrogen) atoms. The van der Waals surface area contributed by atoms with Gasteiger partial charge in [-0.2, -0.15) is 0 Å². The first kappa shape index (κ1) is 56.1. The first-order valence-corrected chi connectivity index (χ1v) is 22.2. The molecule has 0 unspecified atom stereocenters. The van der Waals surface area contributed by atoms with E-state index in [-0.39, 0.29) is 114 Å². The van der Waals surface area contributed by atoms with Crippen LogP contribution in [0.5, 0.6) is 5.75 Å². The summed E-state index contributed by atoms with van der Waals surface area (Å²) in [6.07, 6.45) is 7.85. The third kappa shape index (κ3) is 31.0. The summed E-state index contributed by atoms with van der Waals surface area (Å²) in [5, 5.41) is 28.9. The molecular weight excluding hydrogens is 931 g/mol. The Morgan fingerprint density at radius 1 is 0.613 bits per heavy atom. The van der Waals surface area contributed by atoms with E-state index in [0.717, 1.165) is 38.5 Å². The number of carboxylic acids is 2. The second-order valence-corrected chi connectivity index (χ2v) is 15.2. The molecule has 0 aliphatic carbocycles. The lowest BCUT2D eigenvalue weighted by Crippen LogP contribution is -2.41. The number of nitrogens with one attached hydrogen (secondary N) is 4. The number of carboxylic acid groups (broad SMARTS) is 2. The number of nitrogens with two attached hydrogens (primary N) is 1. The molecule has 0 aromatic heterocycles. The number of rotatable bonds is 40. The van der Waals surface area contributed by atoms with Crippen molar-refractivity contribution in [2.24, 2.45) is 5.73 Å². The molecule has 19 nitrogen and oxygen atoms in total. The summed E-state index contributed by atoms with van der Waals surface area (Å²) in [6, 6.07) is 4.26. The molecule has 8 N–H and O–H groups in total. The maximum atomic E-state index is 12.9. The number of benzene rings is 1. The van der Waals surface area contributed by atoms with Crippen molar-refractivity contribution in [3.8, 4) is 5.75 Å². The molecule has 0 spiro atoms. The van der Waals surface area contributed by atoms with Crippen LogP contribution in [-0.2, 0) is 47.7 Å². The number of carbonyl (C=O) groups is 7. The lowest BCUT2D eigenvalue weighted by atomic mass is 9.88. The standard InChI is InChI=1S/C40H64BFIN5O14/c42-41(43)38(53)32(44)10-7-8-18-45-36(51)28-60-26-25-59-23-20-47-37(52)29-61-27-24-58-22-19-46-34(49)17-16-33(40(56)57)48-35(50)11-6-4-2-1-3-5-9-21-62-31-14-12-30(13-15-31)39(54)55/h12-15,32-33H,1-11,16-29,44H2,(H,45,51)(H,46,49)(H,47,52)(H,48,50)(H,54,55)(H,56,57)/t32-,33-/m0/s1. The van der Waals surface area contributed by atoms with E-state index in [1.807, 2.05) is 0 Å². The van der Waals surface area contributed by atoms with Gasteiger partial charge in [0, 0.05) is 32.5 Å². The summed E-state index contributed by atoms with van der Waals surface area (Å²) in [5.74, 6) is -2.96. The number of amides is 4. The minimum atomic E-state index is -1.62. The predicted octanol–water partition coefficient (Wildman–Crippen LogP) is 2.15. The fourth-order valence-electron chi connectivity index (χ4n) is 5.46. The number of halogens is 2. The van der Waals surface area contributed by atoms with E-state index in [2.05, 4.69) is 21.3 Å². The zero-order chi connectivity index (χ0) is 45.8. The summed E-state index contributed by atoms with van der Waals surface area (Å²) in [5.41, 5.74) is 5.20. The second kappa shape index (κ2) is 36.5. The van der Waals surface area contributed by atoms with Crippen molar-refractivity contribution in [1.82, 2.24) is 21.3 Å². The summed E-state index contributed by atoms with van der Waals surface area (Å²) in [4.78, 5) is 80.5. The molecule has 0 heterocycles. The van der Waals surface area contributed by atoms with Gasteiger partial charge in [-0.05, 0) is 62.8 Å². The molecular formula is C40H64BFIN5O14. The van der Waals surface area contributed by atoms with E-state index in [4.69, 9.17) is 34.5 Å². The number of aromatic carboxylic acids is 1. The molecule has 0 fully saturated rings. The highest BCUT2D eigenvalue weighted by molar-refractivity contribution is 14.1. The molecule has 4 amide bonds. The number of hydrogen-bond acceptors (Lipinski definition) is 13. The molecule has 350 valence electrons. The summed E-state index contributed by atoms with van der Waals surface area (Å²) >= 11 is 1.38. The van der Waals surface area contributed by atoms with Gasteiger partial charge < -0.3 is 70.0 Å². The Balaban J connectivity index is 1.93. The minimum absolute atomic E-state index is 0.0575. The predicted molar refractivity (Wildman–Crippen MR) is 235 cm³/mol. The van der Waals surface area contributed by atoms with Crippen LogP contribution >= 0.6 is 22.4 Å². The maximum absolute atomic E-state index is 12.9. The van der Waals surface area contributed by atoms with Gasteiger partial charge in [0.15, 0.2) is 5.68 Å². The van der Waals surface area contributed by atoms with Gasteiger partial charge in [0.1, 0.15) is 25.0 Å². The average Bonchev–Trinajstić information content (AvgIpc) is 3.24. The van der Waals surface area contributed by atoms with Crippen molar-refractivity contribution >= 4 is 68.5 Å². The third-order valence-corrected chi connectivity index (χ3v) is 9.52. The zero-order valence-electron chi connectivity index (χ0n) is 35.3. The minimum Gasteiger partial charge on any atom is -0.494 e. The fraction of sp³-hybridized carbons (Fsp3) is 0.675. The van der Waals surface area contributed by atoms with Crippen LogP contribution in [0.3, 0.4) is 0 Å². The Bertz CT molecular complexity index is 1470. The lowest BCUT2D eigenvalue weighted by molar-refractivity contribution is -0.142. The normalized spacial score (nSPS) is 11.9. The smallest absolute Gasteiger partial charge is 0.487 e. The number of unbranched alkanes of at least 4 members (excludes halogenated alkanes) is 7. The molecule has 1 aromatic rings. The fourth-order valence-corrected chi connectivity index (χ4v) is 5.92. The van der Waals surface area contributed by atoms with E-state index in [9.17, 15) is 43.0 Å². The van der Waals surface area contributed by atoms with Gasteiger partial charge in [-0.3, -0.25) is 19.2 Å². The Labute approximate surface area is 376 Å². The average molecular weight is 996 g/mol. The van der Waals surface area contributed by atoms with Crippen LogP contribution in [0.4, 0.5) is 4.32 Å². The third-order valence-electron chi connectivity index (χ3n) is 8.90. The van der Waals surface area contributed by atoms with Crippen LogP contribution in [0.25, 0.3) is 0 Å². The monoisotopic (exact) mass is 995 g/mol. The topological polar surface area (TPSA) is 280 Å². The lowest BCUT2D eigenvalue weighted by Gasteiger charge is -2.14. The van der Waals surface area contributed by atoms with Gasteiger partial charge in [-0.1, -0.05) is 54.5 Å². The van der Waals surface area contributed by atoms with Crippen LogP contribution in [0.15, 0.2) is 24.3 Å². The van der Waals surface area contributed by atoms with Gasteiger partial charge in [0.2, 0.25) is 23.6 Å². The molecule has 0 saturated heterocycles. The van der Waals surface area contributed by atoms with Crippen LogP contribution in [-0.4, -0.2) is 147 Å². The quantitative estimate of drug-likeness (QED) is 0.0282. The Morgan fingerprint density at radius 2 is 1.15 bits per heavy atom. The first-order chi connectivity index (χ1) is 29.8. The number of aliphatic carboxylic acids is 1. The van der Waals surface area contributed by atoms with Crippen molar-refractivity contribution < 1.29 is 71.8 Å². The number of carbonyl (C=O) groups excluding carboxylic acids is 5.